The van der Waals surface area contributed by atoms with Crippen molar-refractivity contribution in [2.75, 3.05) is 32.7 Å². The van der Waals surface area contributed by atoms with Gasteiger partial charge in [-0.25, -0.2) is 0 Å². The van der Waals surface area contributed by atoms with Gasteiger partial charge in [-0.2, -0.15) is 0 Å². The minimum Gasteiger partial charge on any atom is -0.370 e. The number of aliphatic imine (C=N–C) groups is 1. The molecule has 0 aliphatic carbocycles. The van der Waals surface area contributed by atoms with Crippen LogP contribution in [0.3, 0.4) is 0 Å². The maximum atomic E-state index is 6.11. The van der Waals surface area contributed by atoms with Crippen molar-refractivity contribution >= 4 is 5.96 Å². The third-order valence-corrected chi connectivity index (χ3v) is 4.51. The molecule has 0 aromatic heterocycles. The molecule has 4 heteroatoms. The lowest BCUT2D eigenvalue weighted by molar-refractivity contribution is 0.142. The molecule has 0 saturated carbocycles. The number of rotatable bonds is 3. The van der Waals surface area contributed by atoms with Crippen LogP contribution in [0.25, 0.3) is 0 Å². The van der Waals surface area contributed by atoms with Gasteiger partial charge in [0.1, 0.15) is 0 Å². The summed E-state index contributed by atoms with van der Waals surface area (Å²) in [7, 11) is 0. The zero-order valence-electron chi connectivity index (χ0n) is 12.6. The second-order valence-corrected chi connectivity index (χ2v) is 6.34. The van der Waals surface area contributed by atoms with Crippen molar-refractivity contribution in [3.63, 3.8) is 0 Å². The van der Waals surface area contributed by atoms with Crippen molar-refractivity contribution < 1.29 is 0 Å². The van der Waals surface area contributed by atoms with E-state index in [2.05, 4.69) is 28.6 Å². The maximum absolute atomic E-state index is 6.11. The molecule has 2 fully saturated rings. The molecule has 0 aromatic rings. The largest absolute Gasteiger partial charge is 0.370 e. The summed E-state index contributed by atoms with van der Waals surface area (Å²) in [5, 5.41) is 0. The first-order valence-corrected chi connectivity index (χ1v) is 7.95. The molecular weight excluding hydrogens is 236 g/mol. The minimum absolute atomic E-state index is 0.520. The second kappa shape index (κ2) is 7.13. The first kappa shape index (κ1) is 14.6. The monoisotopic (exact) mass is 266 g/mol. The van der Waals surface area contributed by atoms with Crippen LogP contribution >= 0.6 is 0 Å². The highest BCUT2D eigenvalue weighted by molar-refractivity contribution is 5.78. The van der Waals surface area contributed by atoms with Gasteiger partial charge in [-0.3, -0.25) is 9.89 Å². The standard InChI is InChI=1S/C15H30N4/c1-13-7-6-10-19(12-13)14(2)11-17-15(16)18-8-4-3-5-9-18/h13-14H,3-12H2,1-2H3,(H2,16,17). The third kappa shape index (κ3) is 4.37. The maximum Gasteiger partial charge on any atom is 0.191 e. The quantitative estimate of drug-likeness (QED) is 0.627. The predicted octanol–water partition coefficient (Wildman–Crippen LogP) is 1.91. The van der Waals surface area contributed by atoms with Gasteiger partial charge >= 0.3 is 0 Å². The van der Waals surface area contributed by atoms with E-state index in [0.29, 0.717) is 6.04 Å². The molecule has 110 valence electrons. The summed E-state index contributed by atoms with van der Waals surface area (Å²) < 4.78 is 0. The van der Waals surface area contributed by atoms with Gasteiger partial charge in [0.25, 0.3) is 0 Å². The zero-order valence-corrected chi connectivity index (χ0v) is 12.6. The van der Waals surface area contributed by atoms with E-state index in [1.165, 1.54) is 45.2 Å². The van der Waals surface area contributed by atoms with Crippen molar-refractivity contribution in [1.82, 2.24) is 9.80 Å². The van der Waals surface area contributed by atoms with Crippen LogP contribution in [0.2, 0.25) is 0 Å². The van der Waals surface area contributed by atoms with Gasteiger partial charge in [-0.1, -0.05) is 6.92 Å². The van der Waals surface area contributed by atoms with Gasteiger partial charge in [0.05, 0.1) is 6.54 Å². The number of hydrogen-bond donors (Lipinski definition) is 1. The SMILES string of the molecule is CC1CCCN(C(C)CN=C(N)N2CCCCC2)C1. The lowest BCUT2D eigenvalue weighted by Gasteiger charge is -2.35. The summed E-state index contributed by atoms with van der Waals surface area (Å²) in [5.41, 5.74) is 6.11. The molecule has 2 atom stereocenters. The summed E-state index contributed by atoms with van der Waals surface area (Å²) >= 11 is 0. The first-order valence-electron chi connectivity index (χ1n) is 7.95. The fourth-order valence-electron chi connectivity index (χ4n) is 3.19. The second-order valence-electron chi connectivity index (χ2n) is 6.34. The highest BCUT2D eigenvalue weighted by atomic mass is 15.3. The Kier molecular flexibility index (Phi) is 5.49. The van der Waals surface area contributed by atoms with Gasteiger partial charge in [-0.05, 0) is 51.5 Å². The van der Waals surface area contributed by atoms with Crippen molar-refractivity contribution in [3.05, 3.63) is 0 Å². The summed E-state index contributed by atoms with van der Waals surface area (Å²) in [6, 6.07) is 0.520. The van der Waals surface area contributed by atoms with Crippen molar-refractivity contribution in [2.24, 2.45) is 16.6 Å². The molecular formula is C15H30N4. The van der Waals surface area contributed by atoms with E-state index in [1.54, 1.807) is 0 Å². The molecule has 2 aliphatic rings. The molecule has 2 N–H and O–H groups in total. The highest BCUT2D eigenvalue weighted by Gasteiger charge is 2.21. The Balaban J connectivity index is 1.79. The smallest absolute Gasteiger partial charge is 0.191 e. The molecule has 4 nitrogen and oxygen atoms in total. The Morgan fingerprint density at radius 3 is 2.63 bits per heavy atom. The number of piperidine rings is 2. The average Bonchev–Trinajstić information content (AvgIpc) is 2.45. The molecule has 0 amide bonds. The number of guanidine groups is 1. The number of nitrogens with zero attached hydrogens (tertiary/aromatic N) is 3. The minimum atomic E-state index is 0.520. The summed E-state index contributed by atoms with van der Waals surface area (Å²) in [6.07, 6.45) is 6.57. The van der Waals surface area contributed by atoms with Gasteiger partial charge < -0.3 is 10.6 Å². The predicted molar refractivity (Wildman–Crippen MR) is 81.3 cm³/mol. The molecule has 0 bridgehead atoms. The molecule has 2 rings (SSSR count). The Bertz CT molecular complexity index is 297. The molecule has 2 saturated heterocycles. The normalized spacial score (nSPS) is 28.4. The molecule has 2 heterocycles. The van der Waals surface area contributed by atoms with Crippen molar-refractivity contribution in [2.45, 2.75) is 52.0 Å². The van der Waals surface area contributed by atoms with E-state index in [-0.39, 0.29) is 0 Å². The summed E-state index contributed by atoms with van der Waals surface area (Å²) in [5.74, 6) is 1.59. The van der Waals surface area contributed by atoms with Crippen LogP contribution in [-0.2, 0) is 0 Å². The van der Waals surface area contributed by atoms with Crippen LogP contribution in [0, 0.1) is 5.92 Å². The molecule has 0 spiro atoms. The van der Waals surface area contributed by atoms with E-state index in [9.17, 15) is 0 Å². The average molecular weight is 266 g/mol. The topological polar surface area (TPSA) is 44.9 Å². The lowest BCUT2D eigenvalue weighted by atomic mass is 9.99. The molecule has 2 unspecified atom stereocenters. The van der Waals surface area contributed by atoms with Crippen LogP contribution in [0.4, 0.5) is 0 Å². The first-order chi connectivity index (χ1) is 9.16. The van der Waals surface area contributed by atoms with Gasteiger partial charge in [0.15, 0.2) is 5.96 Å². The number of hydrogen-bond acceptors (Lipinski definition) is 2. The molecule has 19 heavy (non-hydrogen) atoms. The van der Waals surface area contributed by atoms with Gasteiger partial charge in [-0.15, -0.1) is 0 Å². The number of nitrogens with two attached hydrogens (primary N) is 1. The van der Waals surface area contributed by atoms with Crippen molar-refractivity contribution in [3.8, 4) is 0 Å². The summed E-state index contributed by atoms with van der Waals surface area (Å²) in [4.78, 5) is 9.44. The van der Waals surface area contributed by atoms with Crippen LogP contribution in [0.15, 0.2) is 4.99 Å². The fraction of sp³-hybridized carbons (Fsp3) is 0.933. The van der Waals surface area contributed by atoms with E-state index in [1.807, 2.05) is 0 Å². The Morgan fingerprint density at radius 2 is 1.95 bits per heavy atom. The Labute approximate surface area is 118 Å². The highest BCUT2D eigenvalue weighted by Crippen LogP contribution is 2.17. The summed E-state index contributed by atoms with van der Waals surface area (Å²) in [6.45, 7) is 10.1. The van der Waals surface area contributed by atoms with E-state index >= 15 is 0 Å². The Hall–Kier alpha value is -0.770. The molecule has 0 aromatic carbocycles. The van der Waals surface area contributed by atoms with E-state index in [4.69, 9.17) is 5.73 Å². The number of likely N-dealkylation sites (tertiary alicyclic amines) is 2. The molecule has 0 radical (unpaired) electrons. The van der Waals surface area contributed by atoms with Crippen LogP contribution in [0.1, 0.15) is 46.0 Å². The molecule has 2 aliphatic heterocycles. The van der Waals surface area contributed by atoms with E-state index in [0.717, 1.165) is 31.5 Å². The third-order valence-electron chi connectivity index (χ3n) is 4.51. The fourth-order valence-corrected chi connectivity index (χ4v) is 3.19. The lowest BCUT2D eigenvalue weighted by Crippen LogP contribution is -2.44. The van der Waals surface area contributed by atoms with E-state index < -0.39 is 0 Å². The van der Waals surface area contributed by atoms with Crippen LogP contribution < -0.4 is 5.73 Å². The van der Waals surface area contributed by atoms with Crippen LogP contribution in [0.5, 0.6) is 0 Å². The van der Waals surface area contributed by atoms with Gasteiger partial charge in [0.2, 0.25) is 0 Å². The van der Waals surface area contributed by atoms with Crippen LogP contribution in [-0.4, -0.2) is 54.5 Å². The Morgan fingerprint density at radius 1 is 1.21 bits per heavy atom. The van der Waals surface area contributed by atoms with Crippen molar-refractivity contribution in [1.29, 1.82) is 0 Å². The van der Waals surface area contributed by atoms with Gasteiger partial charge in [0, 0.05) is 25.7 Å². The zero-order chi connectivity index (χ0) is 13.7.